The molecule has 34 heavy (non-hydrogen) atoms. The zero-order chi connectivity index (χ0) is 24.8. The van der Waals surface area contributed by atoms with E-state index in [1.165, 1.54) is 92.0 Å². The van der Waals surface area contributed by atoms with Crippen molar-refractivity contribution in [2.45, 2.75) is 105 Å². The second-order valence-corrected chi connectivity index (χ2v) is 10.2. The van der Waals surface area contributed by atoms with Crippen molar-refractivity contribution in [3.05, 3.63) is 65.5 Å². The number of unbranched alkanes of at least 4 members (excludes halogenated alkanes) is 4. The lowest BCUT2D eigenvalue weighted by Gasteiger charge is -2.30. The van der Waals surface area contributed by atoms with Gasteiger partial charge in [-0.05, 0) is 74.1 Å². The molecule has 0 heterocycles. The number of rotatable bonds is 15. The van der Waals surface area contributed by atoms with E-state index < -0.39 is 0 Å². The number of nitrogens with one attached hydrogen (secondary N) is 1. The van der Waals surface area contributed by atoms with Gasteiger partial charge in [0.1, 0.15) is 5.82 Å². The van der Waals surface area contributed by atoms with E-state index in [2.05, 4.69) is 76.7 Å². The average Bonchev–Trinajstić information content (AvgIpc) is 2.84. The summed E-state index contributed by atoms with van der Waals surface area (Å²) in [4.78, 5) is 4.78. The summed E-state index contributed by atoms with van der Waals surface area (Å²) >= 11 is 0. The van der Waals surface area contributed by atoms with E-state index in [0.29, 0.717) is 11.8 Å². The lowest BCUT2D eigenvalue weighted by molar-refractivity contribution is 0.311. The van der Waals surface area contributed by atoms with Crippen LogP contribution in [0.25, 0.3) is 5.57 Å². The van der Waals surface area contributed by atoms with Gasteiger partial charge in [0.2, 0.25) is 0 Å². The van der Waals surface area contributed by atoms with Gasteiger partial charge in [0.15, 0.2) is 0 Å². The van der Waals surface area contributed by atoms with Crippen LogP contribution in [0, 0.1) is 18.8 Å². The van der Waals surface area contributed by atoms with Crippen molar-refractivity contribution in [2.75, 3.05) is 6.54 Å². The third-order valence-electron chi connectivity index (χ3n) is 7.45. The quantitative estimate of drug-likeness (QED) is 0.157. The first-order valence-electron chi connectivity index (χ1n) is 13.9. The minimum Gasteiger partial charge on any atom is -0.371 e. The predicted octanol–water partition coefficient (Wildman–Crippen LogP) is 9.21. The molecule has 1 atom stereocenters. The lowest BCUT2D eigenvalue weighted by Crippen LogP contribution is -2.18. The van der Waals surface area contributed by atoms with Crippen molar-refractivity contribution in [3.63, 3.8) is 0 Å². The maximum absolute atomic E-state index is 4.78. The Labute approximate surface area is 210 Å². The molecule has 1 saturated carbocycles. The van der Waals surface area contributed by atoms with Crippen LogP contribution >= 0.6 is 0 Å². The van der Waals surface area contributed by atoms with Gasteiger partial charge in [-0.1, -0.05) is 95.2 Å². The van der Waals surface area contributed by atoms with Crippen LogP contribution in [0.2, 0.25) is 0 Å². The second-order valence-electron chi connectivity index (χ2n) is 10.2. The van der Waals surface area contributed by atoms with Crippen molar-refractivity contribution >= 4 is 11.8 Å². The van der Waals surface area contributed by atoms with Gasteiger partial charge in [0.25, 0.3) is 0 Å². The van der Waals surface area contributed by atoms with Gasteiger partial charge < -0.3 is 5.32 Å². The van der Waals surface area contributed by atoms with Gasteiger partial charge in [0, 0.05) is 18.7 Å². The van der Waals surface area contributed by atoms with E-state index in [1.54, 1.807) is 0 Å². The van der Waals surface area contributed by atoms with E-state index in [9.17, 15) is 0 Å². The molecule has 1 aromatic rings. The minimum absolute atomic E-state index is 0.399. The summed E-state index contributed by atoms with van der Waals surface area (Å²) in [5.41, 5.74) is 6.71. The molecule has 1 aliphatic rings. The molecule has 0 amide bonds. The first kappa shape index (κ1) is 28.1. The molecule has 1 aromatic carbocycles. The summed E-state index contributed by atoms with van der Waals surface area (Å²) in [7, 11) is 0. The molecule has 2 nitrogen and oxygen atoms in total. The van der Waals surface area contributed by atoms with Gasteiger partial charge in [-0.25, -0.2) is 4.99 Å². The van der Waals surface area contributed by atoms with Crippen LogP contribution in [-0.2, 0) is 6.42 Å². The molecule has 0 radical (unpaired) electrons. The van der Waals surface area contributed by atoms with Crippen molar-refractivity contribution in [1.29, 1.82) is 0 Å². The molecule has 2 heteroatoms. The average molecular weight is 463 g/mol. The van der Waals surface area contributed by atoms with E-state index in [4.69, 9.17) is 4.99 Å². The first-order chi connectivity index (χ1) is 16.5. The fraction of sp³-hybridized carbons (Fsp3) is 0.594. The maximum Gasteiger partial charge on any atom is 0.118 e. The molecule has 0 bridgehead atoms. The van der Waals surface area contributed by atoms with Gasteiger partial charge in [-0.15, -0.1) is 6.58 Å². The Kier molecular flexibility index (Phi) is 13.0. The summed E-state index contributed by atoms with van der Waals surface area (Å²) < 4.78 is 0. The molecule has 0 spiro atoms. The lowest BCUT2D eigenvalue weighted by atomic mass is 9.75. The van der Waals surface area contributed by atoms with Crippen LogP contribution in [0.15, 0.2) is 53.8 Å². The first-order valence-corrected chi connectivity index (χ1v) is 13.9. The molecule has 1 N–H and O–H groups in total. The van der Waals surface area contributed by atoms with Crippen LogP contribution in [0.3, 0.4) is 0 Å². The van der Waals surface area contributed by atoms with Gasteiger partial charge in [-0.3, -0.25) is 0 Å². The Hall–Kier alpha value is -2.09. The SMILES string of the molecule is C=CC(/C(C)=C(/C=NC(=C)NCCCCC)c1ccc(CCCCC)cc1C)C1CCCCC1. The summed E-state index contributed by atoms with van der Waals surface area (Å²) in [5.74, 6) is 1.85. The molecule has 0 aliphatic heterocycles. The van der Waals surface area contributed by atoms with E-state index in [-0.39, 0.29) is 0 Å². The normalized spacial score (nSPS) is 16.4. The molecule has 1 unspecified atom stereocenters. The standard InChI is InChI=1S/C32H50N2/c1-7-10-13-17-28-20-21-31(25(4)23-28)32(24-34-27(6)33-22-16-11-8-2)26(5)30(9-3)29-18-14-12-15-19-29/h9,20-21,23-24,29-30,33H,3,6-8,10-19,22H2,1-2,4-5H3/b32-26-,34-24?. The third-order valence-corrected chi connectivity index (χ3v) is 7.45. The fourth-order valence-corrected chi connectivity index (χ4v) is 5.34. The monoisotopic (exact) mass is 462 g/mol. The van der Waals surface area contributed by atoms with Crippen LogP contribution in [0.1, 0.15) is 108 Å². The number of aryl methyl sites for hydroxylation is 2. The van der Waals surface area contributed by atoms with Crippen LogP contribution in [0.5, 0.6) is 0 Å². The van der Waals surface area contributed by atoms with Gasteiger partial charge in [0.05, 0.1) is 0 Å². The van der Waals surface area contributed by atoms with Crippen LogP contribution in [0.4, 0.5) is 0 Å². The maximum atomic E-state index is 4.78. The van der Waals surface area contributed by atoms with E-state index >= 15 is 0 Å². The number of benzene rings is 1. The molecule has 2 rings (SSSR count). The molecular formula is C32H50N2. The smallest absolute Gasteiger partial charge is 0.118 e. The van der Waals surface area contributed by atoms with Crippen molar-refractivity contribution in [1.82, 2.24) is 5.32 Å². The highest BCUT2D eigenvalue weighted by molar-refractivity contribution is 6.12. The third kappa shape index (κ3) is 8.93. The Morgan fingerprint density at radius 3 is 2.44 bits per heavy atom. The number of nitrogens with zero attached hydrogens (tertiary/aromatic N) is 1. The van der Waals surface area contributed by atoms with Gasteiger partial charge in [-0.2, -0.15) is 0 Å². The Morgan fingerprint density at radius 1 is 1.09 bits per heavy atom. The van der Waals surface area contributed by atoms with E-state index in [0.717, 1.165) is 25.2 Å². The zero-order valence-corrected chi connectivity index (χ0v) is 22.6. The Morgan fingerprint density at radius 2 is 1.79 bits per heavy atom. The number of aliphatic imine (C=N–C) groups is 1. The van der Waals surface area contributed by atoms with Gasteiger partial charge >= 0.3 is 0 Å². The minimum atomic E-state index is 0.399. The van der Waals surface area contributed by atoms with Crippen molar-refractivity contribution in [3.8, 4) is 0 Å². The molecule has 1 fully saturated rings. The predicted molar refractivity (Wildman–Crippen MR) is 152 cm³/mol. The highest BCUT2D eigenvalue weighted by Gasteiger charge is 2.24. The van der Waals surface area contributed by atoms with Crippen LogP contribution < -0.4 is 5.32 Å². The largest absolute Gasteiger partial charge is 0.371 e. The number of hydrogen-bond acceptors (Lipinski definition) is 2. The highest BCUT2D eigenvalue weighted by atomic mass is 15.0. The second kappa shape index (κ2) is 15.7. The van der Waals surface area contributed by atoms with Crippen molar-refractivity contribution in [2.24, 2.45) is 16.8 Å². The summed E-state index contributed by atoms with van der Waals surface area (Å²) in [6, 6.07) is 7.02. The molecule has 0 aromatic heterocycles. The summed E-state index contributed by atoms with van der Waals surface area (Å²) in [6.07, 6.45) is 19.5. The summed E-state index contributed by atoms with van der Waals surface area (Å²) in [6.45, 7) is 18.4. The van der Waals surface area contributed by atoms with E-state index in [1.807, 2.05) is 0 Å². The fourth-order valence-electron chi connectivity index (χ4n) is 5.34. The topological polar surface area (TPSA) is 24.4 Å². The molecular weight excluding hydrogens is 412 g/mol. The van der Waals surface area contributed by atoms with Crippen molar-refractivity contribution < 1.29 is 0 Å². The molecule has 1 aliphatic carbocycles. The number of allylic oxidation sites excluding steroid dienone is 3. The summed E-state index contributed by atoms with van der Waals surface area (Å²) in [5, 5.41) is 3.39. The number of hydrogen-bond donors (Lipinski definition) is 1. The molecule has 0 saturated heterocycles. The molecule has 188 valence electrons. The zero-order valence-electron chi connectivity index (χ0n) is 22.6. The highest BCUT2D eigenvalue weighted by Crippen LogP contribution is 2.37. The Balaban J connectivity index is 2.34. The van der Waals surface area contributed by atoms with Crippen LogP contribution in [-0.4, -0.2) is 12.8 Å². The Bertz CT molecular complexity index is 823.